The average molecular weight is 272 g/mol. The standard InChI is InChI=1S/C13H9FN4O2/c14-9-3-1-2-7(4-9)8-5-10(12(19)20)11-16-13(15)17-18(11)6-8/h1-6H,(H2,15,17)(H,19,20). The second-order valence-corrected chi connectivity index (χ2v) is 4.20. The van der Waals surface area contributed by atoms with Gasteiger partial charge in [-0.2, -0.15) is 4.98 Å². The topological polar surface area (TPSA) is 93.5 Å². The van der Waals surface area contributed by atoms with E-state index in [-0.39, 0.29) is 17.2 Å². The summed E-state index contributed by atoms with van der Waals surface area (Å²) in [5.41, 5.74) is 6.64. The normalized spacial score (nSPS) is 10.8. The van der Waals surface area contributed by atoms with E-state index in [1.165, 1.54) is 22.7 Å². The third kappa shape index (κ3) is 1.95. The summed E-state index contributed by atoms with van der Waals surface area (Å²) in [5.74, 6) is -1.58. The van der Waals surface area contributed by atoms with Gasteiger partial charge in [0, 0.05) is 11.8 Å². The van der Waals surface area contributed by atoms with Crippen LogP contribution in [0.2, 0.25) is 0 Å². The summed E-state index contributed by atoms with van der Waals surface area (Å²) in [4.78, 5) is 15.1. The lowest BCUT2D eigenvalue weighted by Crippen LogP contribution is -2.02. The molecule has 0 amide bonds. The number of rotatable bonds is 2. The van der Waals surface area contributed by atoms with Gasteiger partial charge in [0.15, 0.2) is 5.65 Å². The molecule has 0 aliphatic carbocycles. The zero-order valence-corrected chi connectivity index (χ0v) is 10.1. The molecule has 7 heteroatoms. The van der Waals surface area contributed by atoms with Crippen molar-refractivity contribution in [2.45, 2.75) is 0 Å². The number of nitrogens with zero attached hydrogens (tertiary/aromatic N) is 3. The van der Waals surface area contributed by atoms with Crippen LogP contribution in [0, 0.1) is 5.82 Å². The zero-order chi connectivity index (χ0) is 14.3. The number of hydrogen-bond donors (Lipinski definition) is 2. The minimum atomic E-state index is -1.15. The number of pyridine rings is 1. The summed E-state index contributed by atoms with van der Waals surface area (Å²) < 4.78 is 14.5. The third-order valence-corrected chi connectivity index (χ3v) is 2.84. The number of fused-ring (bicyclic) bond motifs is 1. The highest BCUT2D eigenvalue weighted by molar-refractivity contribution is 5.96. The molecule has 0 saturated carbocycles. The Bertz CT molecular complexity index is 828. The van der Waals surface area contributed by atoms with Crippen molar-refractivity contribution in [3.05, 3.63) is 47.9 Å². The molecule has 0 fully saturated rings. The van der Waals surface area contributed by atoms with E-state index in [0.29, 0.717) is 11.1 Å². The number of benzene rings is 1. The van der Waals surface area contributed by atoms with Gasteiger partial charge in [-0.1, -0.05) is 12.1 Å². The number of anilines is 1. The third-order valence-electron chi connectivity index (χ3n) is 2.84. The van der Waals surface area contributed by atoms with E-state index in [9.17, 15) is 14.3 Å². The number of aromatic carboxylic acids is 1. The summed E-state index contributed by atoms with van der Waals surface area (Å²) in [6, 6.07) is 7.27. The van der Waals surface area contributed by atoms with Crippen LogP contribution in [0.25, 0.3) is 16.8 Å². The molecule has 100 valence electrons. The van der Waals surface area contributed by atoms with Gasteiger partial charge in [-0.15, -0.1) is 5.10 Å². The van der Waals surface area contributed by atoms with Gasteiger partial charge in [0.25, 0.3) is 0 Å². The molecule has 3 N–H and O–H groups in total. The molecule has 0 atom stereocenters. The molecule has 0 spiro atoms. The van der Waals surface area contributed by atoms with Crippen molar-refractivity contribution < 1.29 is 14.3 Å². The molecule has 6 nitrogen and oxygen atoms in total. The first-order valence-electron chi connectivity index (χ1n) is 5.70. The Morgan fingerprint density at radius 1 is 1.30 bits per heavy atom. The molecule has 2 aromatic heterocycles. The van der Waals surface area contributed by atoms with E-state index in [2.05, 4.69) is 10.1 Å². The largest absolute Gasteiger partial charge is 0.478 e. The van der Waals surface area contributed by atoms with Crippen molar-refractivity contribution in [1.29, 1.82) is 0 Å². The van der Waals surface area contributed by atoms with Gasteiger partial charge in [0.1, 0.15) is 11.4 Å². The molecule has 0 radical (unpaired) electrons. The number of hydrogen-bond acceptors (Lipinski definition) is 4. The number of carbonyl (C=O) groups is 1. The Kier molecular flexibility index (Phi) is 2.60. The second kappa shape index (κ2) is 4.30. The van der Waals surface area contributed by atoms with Crippen molar-refractivity contribution in [3.8, 4) is 11.1 Å². The zero-order valence-electron chi connectivity index (χ0n) is 10.1. The Hall–Kier alpha value is -2.96. The van der Waals surface area contributed by atoms with Crippen LogP contribution in [0.3, 0.4) is 0 Å². The van der Waals surface area contributed by atoms with Gasteiger partial charge in [-0.3, -0.25) is 0 Å². The molecule has 3 aromatic rings. The predicted octanol–water partition coefficient (Wildman–Crippen LogP) is 1.82. The first kappa shape index (κ1) is 12.1. The van der Waals surface area contributed by atoms with Crippen LogP contribution >= 0.6 is 0 Å². The molecule has 2 heterocycles. The van der Waals surface area contributed by atoms with E-state index in [4.69, 9.17) is 5.73 Å². The predicted molar refractivity (Wildman–Crippen MR) is 69.8 cm³/mol. The van der Waals surface area contributed by atoms with E-state index in [0.717, 1.165) is 0 Å². The lowest BCUT2D eigenvalue weighted by atomic mass is 10.1. The molecule has 0 aliphatic rings. The van der Waals surface area contributed by atoms with Gasteiger partial charge < -0.3 is 10.8 Å². The van der Waals surface area contributed by atoms with Crippen LogP contribution in [-0.2, 0) is 0 Å². The van der Waals surface area contributed by atoms with Crippen LogP contribution in [0.4, 0.5) is 10.3 Å². The van der Waals surface area contributed by atoms with Crippen LogP contribution in [0.1, 0.15) is 10.4 Å². The van der Waals surface area contributed by atoms with Gasteiger partial charge in [0.2, 0.25) is 5.95 Å². The molecule has 0 aliphatic heterocycles. The highest BCUT2D eigenvalue weighted by atomic mass is 19.1. The Balaban J connectivity index is 2.29. The van der Waals surface area contributed by atoms with Crippen molar-refractivity contribution >= 4 is 17.6 Å². The van der Waals surface area contributed by atoms with Crippen molar-refractivity contribution in [1.82, 2.24) is 14.6 Å². The maximum Gasteiger partial charge on any atom is 0.339 e. The van der Waals surface area contributed by atoms with Crippen LogP contribution in [0.15, 0.2) is 36.5 Å². The minimum absolute atomic E-state index is 0.0242. The second-order valence-electron chi connectivity index (χ2n) is 4.20. The average Bonchev–Trinajstić information content (AvgIpc) is 2.77. The first-order valence-corrected chi connectivity index (χ1v) is 5.70. The summed E-state index contributed by atoms with van der Waals surface area (Å²) in [6.45, 7) is 0. The van der Waals surface area contributed by atoms with E-state index >= 15 is 0 Å². The fourth-order valence-corrected chi connectivity index (χ4v) is 1.99. The lowest BCUT2D eigenvalue weighted by Gasteiger charge is -2.05. The number of halogens is 1. The molecule has 0 unspecified atom stereocenters. The lowest BCUT2D eigenvalue weighted by molar-refractivity contribution is 0.0698. The molecule has 0 bridgehead atoms. The quantitative estimate of drug-likeness (QED) is 0.742. The van der Waals surface area contributed by atoms with E-state index in [1.54, 1.807) is 18.3 Å². The SMILES string of the molecule is Nc1nc2c(C(=O)O)cc(-c3cccc(F)c3)cn2n1. The Labute approximate surface area is 112 Å². The number of nitrogens with two attached hydrogens (primary N) is 1. The van der Waals surface area contributed by atoms with Crippen molar-refractivity contribution in [3.63, 3.8) is 0 Å². The molecular weight excluding hydrogens is 263 g/mol. The monoisotopic (exact) mass is 272 g/mol. The highest BCUT2D eigenvalue weighted by Gasteiger charge is 2.15. The number of nitrogen functional groups attached to an aromatic ring is 1. The molecule has 20 heavy (non-hydrogen) atoms. The summed E-state index contributed by atoms with van der Waals surface area (Å²) in [5, 5.41) is 13.1. The van der Waals surface area contributed by atoms with Gasteiger partial charge in [-0.05, 0) is 23.8 Å². The van der Waals surface area contributed by atoms with Crippen LogP contribution in [-0.4, -0.2) is 25.7 Å². The molecule has 1 aromatic carbocycles. The Morgan fingerprint density at radius 2 is 2.10 bits per heavy atom. The van der Waals surface area contributed by atoms with Crippen LogP contribution < -0.4 is 5.73 Å². The smallest absolute Gasteiger partial charge is 0.339 e. The summed E-state index contributed by atoms with van der Waals surface area (Å²) in [6.07, 6.45) is 1.56. The van der Waals surface area contributed by atoms with Crippen molar-refractivity contribution in [2.75, 3.05) is 5.73 Å². The van der Waals surface area contributed by atoms with E-state index < -0.39 is 11.8 Å². The van der Waals surface area contributed by atoms with Gasteiger partial charge in [-0.25, -0.2) is 13.7 Å². The molecular formula is C13H9FN4O2. The number of aromatic nitrogens is 3. The van der Waals surface area contributed by atoms with Gasteiger partial charge >= 0.3 is 5.97 Å². The van der Waals surface area contributed by atoms with Crippen LogP contribution in [0.5, 0.6) is 0 Å². The summed E-state index contributed by atoms with van der Waals surface area (Å²) >= 11 is 0. The number of carboxylic acids is 1. The molecule has 0 saturated heterocycles. The number of carboxylic acid groups (broad SMARTS) is 1. The van der Waals surface area contributed by atoms with Crippen molar-refractivity contribution in [2.24, 2.45) is 0 Å². The van der Waals surface area contributed by atoms with E-state index in [1.807, 2.05) is 0 Å². The first-order chi connectivity index (χ1) is 9.54. The Morgan fingerprint density at radius 3 is 2.80 bits per heavy atom. The fourth-order valence-electron chi connectivity index (χ4n) is 1.99. The molecule has 3 rings (SSSR count). The summed E-state index contributed by atoms with van der Waals surface area (Å²) in [7, 11) is 0. The maximum absolute atomic E-state index is 13.3. The fraction of sp³-hybridized carbons (Fsp3) is 0. The minimum Gasteiger partial charge on any atom is -0.478 e. The maximum atomic E-state index is 13.3. The van der Waals surface area contributed by atoms with Gasteiger partial charge in [0.05, 0.1) is 0 Å². The highest BCUT2D eigenvalue weighted by Crippen LogP contribution is 2.23.